The van der Waals surface area contributed by atoms with Gasteiger partial charge < -0.3 is 15.7 Å². The van der Waals surface area contributed by atoms with E-state index in [1.807, 2.05) is 38.1 Å². The Morgan fingerprint density at radius 3 is 2.61 bits per heavy atom. The van der Waals surface area contributed by atoms with E-state index in [1.165, 1.54) is 4.90 Å². The fraction of sp³-hybridized carbons (Fsp3) is 0.385. The molecule has 0 heterocycles. The van der Waals surface area contributed by atoms with Crippen LogP contribution in [0.3, 0.4) is 0 Å². The molecule has 0 aliphatic heterocycles. The van der Waals surface area contributed by atoms with Gasteiger partial charge in [-0.15, -0.1) is 0 Å². The standard InChI is InChI=1S/C13H18N2O3/c1-3-15(10-6-4-5-9(2)7-10)13(18)11(14)8-12(16)17/h4-7,11H,3,8,14H2,1-2H3,(H,16,17). The third kappa shape index (κ3) is 3.56. The summed E-state index contributed by atoms with van der Waals surface area (Å²) in [6.45, 7) is 4.21. The molecular formula is C13H18N2O3. The van der Waals surface area contributed by atoms with Gasteiger partial charge >= 0.3 is 5.97 Å². The van der Waals surface area contributed by atoms with Crippen LogP contribution in [0.25, 0.3) is 0 Å². The van der Waals surface area contributed by atoms with Gasteiger partial charge in [0.25, 0.3) is 0 Å². The number of amides is 1. The average molecular weight is 250 g/mol. The van der Waals surface area contributed by atoms with Gasteiger partial charge in [-0.1, -0.05) is 12.1 Å². The summed E-state index contributed by atoms with van der Waals surface area (Å²) < 4.78 is 0. The van der Waals surface area contributed by atoms with Crippen molar-refractivity contribution in [1.82, 2.24) is 0 Å². The Bertz CT molecular complexity index is 446. The van der Waals surface area contributed by atoms with Crippen molar-refractivity contribution in [2.75, 3.05) is 11.4 Å². The Morgan fingerprint density at radius 1 is 1.44 bits per heavy atom. The maximum absolute atomic E-state index is 12.1. The van der Waals surface area contributed by atoms with Crippen LogP contribution in [0.15, 0.2) is 24.3 Å². The molecule has 0 bridgehead atoms. The highest BCUT2D eigenvalue weighted by molar-refractivity contribution is 5.98. The number of nitrogens with two attached hydrogens (primary N) is 1. The van der Waals surface area contributed by atoms with Crippen LogP contribution in [0.2, 0.25) is 0 Å². The third-order valence-electron chi connectivity index (χ3n) is 2.61. The molecule has 0 aliphatic rings. The fourth-order valence-corrected chi connectivity index (χ4v) is 1.74. The van der Waals surface area contributed by atoms with Gasteiger partial charge in [0.05, 0.1) is 12.5 Å². The van der Waals surface area contributed by atoms with Crippen LogP contribution in [-0.2, 0) is 9.59 Å². The minimum absolute atomic E-state index is 0.360. The molecule has 1 atom stereocenters. The molecule has 1 amide bonds. The second-order valence-corrected chi connectivity index (χ2v) is 4.13. The van der Waals surface area contributed by atoms with E-state index in [0.717, 1.165) is 11.3 Å². The number of carbonyl (C=O) groups excluding carboxylic acids is 1. The fourth-order valence-electron chi connectivity index (χ4n) is 1.74. The van der Waals surface area contributed by atoms with E-state index in [-0.39, 0.29) is 12.3 Å². The molecule has 5 nitrogen and oxygen atoms in total. The highest BCUT2D eigenvalue weighted by Crippen LogP contribution is 2.16. The molecular weight excluding hydrogens is 232 g/mol. The summed E-state index contributed by atoms with van der Waals surface area (Å²) in [4.78, 5) is 24.1. The van der Waals surface area contributed by atoms with Crippen LogP contribution in [0.1, 0.15) is 18.9 Å². The molecule has 1 unspecified atom stereocenters. The van der Waals surface area contributed by atoms with Gasteiger partial charge in [-0.3, -0.25) is 9.59 Å². The Hall–Kier alpha value is -1.88. The molecule has 0 spiro atoms. The summed E-state index contributed by atoms with van der Waals surface area (Å²) in [5.74, 6) is -1.44. The van der Waals surface area contributed by atoms with Crippen molar-refractivity contribution in [3.63, 3.8) is 0 Å². The number of likely N-dealkylation sites (N-methyl/N-ethyl adjacent to an activating group) is 1. The van der Waals surface area contributed by atoms with Crippen molar-refractivity contribution in [2.24, 2.45) is 5.73 Å². The lowest BCUT2D eigenvalue weighted by Crippen LogP contribution is -2.45. The number of carboxylic acids is 1. The zero-order chi connectivity index (χ0) is 13.7. The number of carboxylic acid groups (broad SMARTS) is 1. The molecule has 1 aromatic carbocycles. The van der Waals surface area contributed by atoms with Gasteiger partial charge in [0.15, 0.2) is 0 Å². The molecule has 1 rings (SSSR count). The Morgan fingerprint density at radius 2 is 2.11 bits per heavy atom. The van der Waals surface area contributed by atoms with Gasteiger partial charge in [-0.25, -0.2) is 0 Å². The number of aryl methyl sites for hydroxylation is 1. The van der Waals surface area contributed by atoms with Crippen molar-refractivity contribution in [3.8, 4) is 0 Å². The molecule has 18 heavy (non-hydrogen) atoms. The first-order valence-corrected chi connectivity index (χ1v) is 5.81. The van der Waals surface area contributed by atoms with Gasteiger partial charge in [0, 0.05) is 12.2 Å². The average Bonchev–Trinajstić information content (AvgIpc) is 2.29. The first-order chi connectivity index (χ1) is 8.45. The summed E-state index contributed by atoms with van der Waals surface area (Å²) >= 11 is 0. The highest BCUT2D eigenvalue weighted by Gasteiger charge is 2.23. The van der Waals surface area contributed by atoms with E-state index in [4.69, 9.17) is 10.8 Å². The normalized spacial score (nSPS) is 11.9. The molecule has 0 radical (unpaired) electrons. The SMILES string of the molecule is CCN(C(=O)C(N)CC(=O)O)c1cccc(C)c1. The second-order valence-electron chi connectivity index (χ2n) is 4.13. The predicted molar refractivity (Wildman–Crippen MR) is 69.4 cm³/mol. The quantitative estimate of drug-likeness (QED) is 0.821. The Balaban J connectivity index is 2.89. The van der Waals surface area contributed by atoms with E-state index < -0.39 is 12.0 Å². The number of anilines is 1. The van der Waals surface area contributed by atoms with Crippen molar-refractivity contribution in [3.05, 3.63) is 29.8 Å². The first kappa shape index (κ1) is 14.2. The van der Waals surface area contributed by atoms with Gasteiger partial charge in [-0.2, -0.15) is 0 Å². The van der Waals surface area contributed by atoms with E-state index >= 15 is 0 Å². The Labute approximate surface area is 106 Å². The lowest BCUT2D eigenvalue weighted by atomic mass is 10.1. The summed E-state index contributed by atoms with van der Waals surface area (Å²) in [6.07, 6.45) is -0.360. The summed E-state index contributed by atoms with van der Waals surface area (Å²) in [5.41, 5.74) is 7.37. The molecule has 3 N–H and O–H groups in total. The summed E-state index contributed by atoms with van der Waals surface area (Å²) in [7, 11) is 0. The van der Waals surface area contributed by atoms with Crippen LogP contribution in [0.4, 0.5) is 5.69 Å². The molecule has 0 saturated heterocycles. The second kappa shape index (κ2) is 6.16. The van der Waals surface area contributed by atoms with Crippen LogP contribution < -0.4 is 10.6 Å². The molecule has 1 aromatic rings. The zero-order valence-electron chi connectivity index (χ0n) is 10.6. The molecule has 98 valence electrons. The number of aliphatic carboxylic acids is 1. The number of benzene rings is 1. The zero-order valence-corrected chi connectivity index (χ0v) is 10.6. The molecule has 0 aliphatic carbocycles. The largest absolute Gasteiger partial charge is 0.481 e. The van der Waals surface area contributed by atoms with E-state index in [2.05, 4.69) is 0 Å². The maximum atomic E-state index is 12.1. The van der Waals surface area contributed by atoms with Crippen molar-refractivity contribution >= 4 is 17.6 Å². The highest BCUT2D eigenvalue weighted by atomic mass is 16.4. The van der Waals surface area contributed by atoms with Crippen molar-refractivity contribution < 1.29 is 14.7 Å². The minimum atomic E-state index is -1.07. The van der Waals surface area contributed by atoms with E-state index in [1.54, 1.807) is 0 Å². The first-order valence-electron chi connectivity index (χ1n) is 5.81. The van der Waals surface area contributed by atoms with Gasteiger partial charge in [0.2, 0.25) is 5.91 Å². The predicted octanol–water partition coefficient (Wildman–Crippen LogP) is 1.15. The van der Waals surface area contributed by atoms with Crippen molar-refractivity contribution in [1.29, 1.82) is 0 Å². The summed E-state index contributed by atoms with van der Waals surface area (Å²) in [6, 6.07) is 6.45. The molecule has 0 fully saturated rings. The smallest absolute Gasteiger partial charge is 0.305 e. The number of rotatable bonds is 5. The number of carbonyl (C=O) groups is 2. The minimum Gasteiger partial charge on any atom is -0.481 e. The monoisotopic (exact) mass is 250 g/mol. The number of hydrogen-bond acceptors (Lipinski definition) is 3. The molecule has 0 saturated carbocycles. The Kier molecular flexibility index (Phi) is 4.85. The van der Waals surface area contributed by atoms with Gasteiger partial charge in [0.1, 0.15) is 0 Å². The topological polar surface area (TPSA) is 83.6 Å². The third-order valence-corrected chi connectivity index (χ3v) is 2.61. The van der Waals surface area contributed by atoms with Gasteiger partial charge in [-0.05, 0) is 31.5 Å². The van der Waals surface area contributed by atoms with E-state index in [0.29, 0.717) is 6.54 Å². The van der Waals surface area contributed by atoms with Crippen LogP contribution in [-0.4, -0.2) is 29.6 Å². The van der Waals surface area contributed by atoms with Crippen LogP contribution in [0, 0.1) is 6.92 Å². The number of hydrogen-bond donors (Lipinski definition) is 2. The van der Waals surface area contributed by atoms with Crippen LogP contribution >= 0.6 is 0 Å². The number of nitrogens with zero attached hydrogens (tertiary/aromatic N) is 1. The lowest BCUT2D eigenvalue weighted by Gasteiger charge is -2.24. The van der Waals surface area contributed by atoms with Crippen molar-refractivity contribution in [2.45, 2.75) is 26.3 Å². The maximum Gasteiger partial charge on any atom is 0.305 e. The molecule has 5 heteroatoms. The molecule has 0 aromatic heterocycles. The summed E-state index contributed by atoms with van der Waals surface area (Å²) in [5, 5.41) is 8.65. The lowest BCUT2D eigenvalue weighted by molar-refractivity contribution is -0.139. The van der Waals surface area contributed by atoms with Crippen LogP contribution in [0.5, 0.6) is 0 Å². The van der Waals surface area contributed by atoms with E-state index in [9.17, 15) is 9.59 Å².